The lowest BCUT2D eigenvalue weighted by Gasteiger charge is -2.14. The third kappa shape index (κ3) is 2.63. The number of aliphatic hydroxyl groups is 1. The van der Waals surface area contributed by atoms with Gasteiger partial charge in [0.2, 0.25) is 5.82 Å². The van der Waals surface area contributed by atoms with Crippen molar-refractivity contribution in [3.8, 4) is 0 Å². The van der Waals surface area contributed by atoms with E-state index in [1.807, 2.05) is 0 Å². The van der Waals surface area contributed by atoms with E-state index in [9.17, 15) is 27.1 Å². The quantitative estimate of drug-likeness (QED) is 0.538. The molecule has 1 heterocycles. The molecule has 114 valence electrons. The Bertz CT molecular complexity index is 669. The van der Waals surface area contributed by atoms with Gasteiger partial charge in [0.05, 0.1) is 17.4 Å². The molecule has 2 rings (SSSR count). The van der Waals surface area contributed by atoms with Gasteiger partial charge in [-0.05, 0) is 13.0 Å². The molecule has 0 amide bonds. The Morgan fingerprint density at radius 3 is 1.95 bits per heavy atom. The number of hydrogen-bond acceptors (Lipinski definition) is 2. The van der Waals surface area contributed by atoms with Gasteiger partial charge < -0.3 is 5.11 Å². The Morgan fingerprint density at radius 2 is 1.52 bits per heavy atom. The fourth-order valence-electron chi connectivity index (χ4n) is 2.07. The maximum Gasteiger partial charge on any atom is 0.200 e. The SMILES string of the molecule is Cc1cc(CC(O)c2c(F)c(F)c(F)c(F)c2F)n(C)n1. The zero-order valence-electron chi connectivity index (χ0n) is 11.1. The van der Waals surface area contributed by atoms with Crippen molar-refractivity contribution in [2.75, 3.05) is 0 Å². The van der Waals surface area contributed by atoms with E-state index < -0.39 is 40.8 Å². The molecular formula is C13H11F5N2O. The van der Waals surface area contributed by atoms with Crippen molar-refractivity contribution in [2.45, 2.75) is 19.4 Å². The second-order valence-corrected chi connectivity index (χ2v) is 4.60. The van der Waals surface area contributed by atoms with Crippen molar-refractivity contribution in [3.05, 3.63) is 52.1 Å². The maximum atomic E-state index is 13.6. The summed E-state index contributed by atoms with van der Waals surface area (Å²) in [7, 11) is 1.54. The van der Waals surface area contributed by atoms with E-state index in [1.165, 1.54) is 17.8 Å². The van der Waals surface area contributed by atoms with E-state index in [0.717, 1.165) is 0 Å². The third-order valence-corrected chi connectivity index (χ3v) is 3.08. The summed E-state index contributed by atoms with van der Waals surface area (Å²) in [6.45, 7) is 1.66. The summed E-state index contributed by atoms with van der Waals surface area (Å²) in [5, 5.41) is 13.8. The van der Waals surface area contributed by atoms with Crippen molar-refractivity contribution in [1.82, 2.24) is 9.78 Å². The smallest absolute Gasteiger partial charge is 0.200 e. The van der Waals surface area contributed by atoms with Gasteiger partial charge in [0.1, 0.15) is 0 Å². The highest BCUT2D eigenvalue weighted by atomic mass is 19.2. The second-order valence-electron chi connectivity index (χ2n) is 4.60. The molecule has 0 aliphatic rings. The lowest BCUT2D eigenvalue weighted by atomic mass is 10.0. The predicted octanol–water partition coefficient (Wildman–Crippen LogP) is 2.70. The molecule has 0 bridgehead atoms. The predicted molar refractivity (Wildman–Crippen MR) is 62.8 cm³/mol. The summed E-state index contributed by atoms with van der Waals surface area (Å²) in [5.41, 5.74) is -0.258. The van der Waals surface area contributed by atoms with Crippen LogP contribution in [-0.4, -0.2) is 14.9 Å². The van der Waals surface area contributed by atoms with Gasteiger partial charge in [-0.1, -0.05) is 0 Å². The molecule has 3 nitrogen and oxygen atoms in total. The average molecular weight is 306 g/mol. The number of rotatable bonds is 3. The van der Waals surface area contributed by atoms with Crippen LogP contribution < -0.4 is 0 Å². The molecule has 0 spiro atoms. The van der Waals surface area contributed by atoms with Crippen molar-refractivity contribution in [1.29, 1.82) is 0 Å². The zero-order valence-corrected chi connectivity index (χ0v) is 11.1. The van der Waals surface area contributed by atoms with Crippen molar-refractivity contribution in [2.24, 2.45) is 7.05 Å². The summed E-state index contributed by atoms with van der Waals surface area (Å²) in [6.07, 6.45) is -2.22. The summed E-state index contributed by atoms with van der Waals surface area (Å²) < 4.78 is 67.6. The van der Waals surface area contributed by atoms with Crippen molar-refractivity contribution >= 4 is 0 Å². The number of benzene rings is 1. The fraction of sp³-hybridized carbons (Fsp3) is 0.308. The molecule has 2 aromatic rings. The van der Waals surface area contributed by atoms with E-state index in [0.29, 0.717) is 11.4 Å². The van der Waals surface area contributed by atoms with Gasteiger partial charge in [0.25, 0.3) is 0 Å². The van der Waals surface area contributed by atoms with Crippen LogP contribution in [0.15, 0.2) is 6.07 Å². The summed E-state index contributed by atoms with van der Waals surface area (Å²) >= 11 is 0. The Labute approximate surface area is 116 Å². The summed E-state index contributed by atoms with van der Waals surface area (Å²) in [5.74, 6) is -10.5. The first-order valence-electron chi connectivity index (χ1n) is 5.93. The van der Waals surface area contributed by atoms with Crippen LogP contribution in [0, 0.1) is 36.0 Å². The Hall–Kier alpha value is -1.96. The van der Waals surface area contributed by atoms with Crippen LogP contribution >= 0.6 is 0 Å². The number of hydrogen-bond donors (Lipinski definition) is 1. The Kier molecular flexibility index (Phi) is 3.99. The maximum absolute atomic E-state index is 13.6. The Balaban J connectivity index is 2.44. The molecule has 1 unspecified atom stereocenters. The normalized spacial score (nSPS) is 12.8. The number of nitrogens with zero attached hydrogens (tertiary/aromatic N) is 2. The van der Waals surface area contributed by atoms with E-state index in [-0.39, 0.29) is 6.42 Å². The summed E-state index contributed by atoms with van der Waals surface area (Å²) in [6, 6.07) is 1.54. The van der Waals surface area contributed by atoms with Crippen LogP contribution in [-0.2, 0) is 13.5 Å². The van der Waals surface area contributed by atoms with Crippen LogP contribution in [0.25, 0.3) is 0 Å². The topological polar surface area (TPSA) is 38.0 Å². The van der Waals surface area contributed by atoms with Crippen molar-refractivity contribution in [3.63, 3.8) is 0 Å². The van der Waals surface area contributed by atoms with E-state index in [4.69, 9.17) is 0 Å². The van der Waals surface area contributed by atoms with Crippen molar-refractivity contribution < 1.29 is 27.1 Å². The van der Waals surface area contributed by atoms with Crippen LogP contribution in [0.2, 0.25) is 0 Å². The number of halogens is 5. The van der Waals surface area contributed by atoms with Crippen LogP contribution in [0.5, 0.6) is 0 Å². The van der Waals surface area contributed by atoms with Crippen LogP contribution in [0.3, 0.4) is 0 Å². The molecule has 8 heteroatoms. The third-order valence-electron chi connectivity index (χ3n) is 3.08. The van der Waals surface area contributed by atoms with E-state index >= 15 is 0 Å². The molecule has 1 aromatic heterocycles. The number of aromatic nitrogens is 2. The standard InChI is InChI=1S/C13H11F5N2O/c1-5-3-6(20(2)19-5)4-7(21)8-9(14)11(16)13(18)12(17)10(8)15/h3,7,21H,4H2,1-2H3. The second kappa shape index (κ2) is 5.44. The van der Waals surface area contributed by atoms with Crippen LogP contribution in [0.4, 0.5) is 22.0 Å². The average Bonchev–Trinajstić information content (AvgIpc) is 2.72. The van der Waals surface area contributed by atoms with E-state index in [1.54, 1.807) is 6.92 Å². The highest BCUT2D eigenvalue weighted by Gasteiger charge is 2.30. The van der Waals surface area contributed by atoms with Gasteiger partial charge in [-0.25, -0.2) is 22.0 Å². The molecule has 0 fully saturated rings. The minimum absolute atomic E-state index is 0.338. The van der Waals surface area contributed by atoms with Gasteiger partial charge in [0, 0.05) is 19.2 Å². The van der Waals surface area contributed by atoms with Gasteiger partial charge in [-0.15, -0.1) is 0 Å². The minimum atomic E-state index is -2.25. The lowest BCUT2D eigenvalue weighted by molar-refractivity contribution is 0.161. The van der Waals surface area contributed by atoms with Gasteiger partial charge in [0.15, 0.2) is 23.3 Å². The van der Waals surface area contributed by atoms with E-state index in [2.05, 4.69) is 5.10 Å². The first-order valence-corrected chi connectivity index (χ1v) is 5.93. The number of aliphatic hydroxyl groups excluding tert-OH is 1. The molecular weight excluding hydrogens is 295 g/mol. The first kappa shape index (κ1) is 15.4. The molecule has 0 saturated heterocycles. The molecule has 1 aromatic carbocycles. The molecule has 1 N–H and O–H groups in total. The molecule has 0 aliphatic heterocycles. The molecule has 1 atom stereocenters. The monoisotopic (exact) mass is 306 g/mol. The summed E-state index contributed by atoms with van der Waals surface area (Å²) in [4.78, 5) is 0. The van der Waals surface area contributed by atoms with Gasteiger partial charge >= 0.3 is 0 Å². The lowest BCUT2D eigenvalue weighted by Crippen LogP contribution is -2.14. The van der Waals surface area contributed by atoms with Gasteiger partial charge in [-0.2, -0.15) is 5.10 Å². The highest BCUT2D eigenvalue weighted by Crippen LogP contribution is 2.29. The molecule has 21 heavy (non-hydrogen) atoms. The van der Waals surface area contributed by atoms with Crippen LogP contribution in [0.1, 0.15) is 23.1 Å². The minimum Gasteiger partial charge on any atom is -0.388 e. The fourth-order valence-corrected chi connectivity index (χ4v) is 2.07. The van der Waals surface area contributed by atoms with Gasteiger partial charge in [-0.3, -0.25) is 4.68 Å². The largest absolute Gasteiger partial charge is 0.388 e. The molecule has 0 aliphatic carbocycles. The molecule has 0 saturated carbocycles. The zero-order chi connectivity index (χ0) is 15.9. The molecule has 0 radical (unpaired) electrons. The first-order chi connectivity index (χ1) is 9.73. The highest BCUT2D eigenvalue weighted by molar-refractivity contribution is 5.27. The Morgan fingerprint density at radius 1 is 1.05 bits per heavy atom. The number of aryl methyl sites for hydroxylation is 2.